The highest BCUT2D eigenvalue weighted by Crippen LogP contribution is 2.25. The summed E-state index contributed by atoms with van der Waals surface area (Å²) in [6, 6.07) is 13.7. The van der Waals surface area contributed by atoms with Gasteiger partial charge in [-0.15, -0.1) is 0 Å². The van der Waals surface area contributed by atoms with Crippen molar-refractivity contribution in [1.29, 1.82) is 0 Å². The monoisotopic (exact) mass is 444 g/mol. The van der Waals surface area contributed by atoms with Crippen LogP contribution in [0.15, 0.2) is 67.3 Å². The van der Waals surface area contributed by atoms with Gasteiger partial charge in [-0.2, -0.15) is 0 Å². The molecule has 7 heteroatoms. The number of carbonyl (C=O) groups excluding carboxylic acids is 2. The Bertz CT molecular complexity index is 1070. The summed E-state index contributed by atoms with van der Waals surface area (Å²) in [4.78, 5) is 34.4. The van der Waals surface area contributed by atoms with Crippen LogP contribution >= 0.6 is 0 Å². The molecule has 2 aromatic heterocycles. The van der Waals surface area contributed by atoms with E-state index in [2.05, 4.69) is 26.3 Å². The standard InChI is InChI=1S/C26H28N4O3/c31-23-15-22-16-24(4-5-25(22)29-26(32)17-23)33-14-2-12-30(19-21-6-10-27-11-7-21)13-8-20-3-1-9-28-18-20/h1,3-7,9-11,16,18H,2,8,12-15,17,19H2,(H,29,32). The van der Waals surface area contributed by atoms with Crippen molar-refractivity contribution in [2.45, 2.75) is 32.2 Å². The molecule has 0 atom stereocenters. The van der Waals surface area contributed by atoms with E-state index in [1.165, 1.54) is 11.1 Å². The van der Waals surface area contributed by atoms with E-state index in [4.69, 9.17) is 4.74 Å². The lowest BCUT2D eigenvalue weighted by Gasteiger charge is -2.22. The minimum Gasteiger partial charge on any atom is -0.494 e. The van der Waals surface area contributed by atoms with E-state index in [-0.39, 0.29) is 24.5 Å². The summed E-state index contributed by atoms with van der Waals surface area (Å²) < 4.78 is 5.97. The number of carbonyl (C=O) groups is 2. The number of rotatable bonds is 10. The number of nitrogens with zero attached hydrogens (tertiary/aromatic N) is 3. The van der Waals surface area contributed by atoms with Crippen LogP contribution in [0.3, 0.4) is 0 Å². The maximum absolute atomic E-state index is 11.9. The second kappa shape index (κ2) is 11.3. The van der Waals surface area contributed by atoms with Crippen molar-refractivity contribution < 1.29 is 14.3 Å². The van der Waals surface area contributed by atoms with E-state index in [1.54, 1.807) is 6.20 Å². The summed E-state index contributed by atoms with van der Waals surface area (Å²) in [7, 11) is 0. The van der Waals surface area contributed by atoms with Crippen LogP contribution in [0.5, 0.6) is 5.75 Å². The molecular weight excluding hydrogens is 416 g/mol. The largest absolute Gasteiger partial charge is 0.494 e. The van der Waals surface area contributed by atoms with E-state index in [9.17, 15) is 9.59 Å². The fourth-order valence-electron chi connectivity index (χ4n) is 3.90. The maximum Gasteiger partial charge on any atom is 0.231 e. The van der Waals surface area contributed by atoms with E-state index < -0.39 is 0 Å². The number of pyridine rings is 2. The lowest BCUT2D eigenvalue weighted by atomic mass is 10.1. The number of anilines is 1. The van der Waals surface area contributed by atoms with Gasteiger partial charge in [-0.05, 0) is 65.9 Å². The number of hydrogen-bond donors (Lipinski definition) is 1. The number of fused-ring (bicyclic) bond motifs is 1. The average molecular weight is 445 g/mol. The van der Waals surface area contributed by atoms with Crippen LogP contribution < -0.4 is 10.1 Å². The van der Waals surface area contributed by atoms with Gasteiger partial charge in [0.15, 0.2) is 0 Å². The minimum absolute atomic E-state index is 0.0722. The molecule has 1 aromatic carbocycles. The molecule has 0 saturated heterocycles. The van der Waals surface area contributed by atoms with Crippen molar-refractivity contribution in [3.05, 3.63) is 83.9 Å². The van der Waals surface area contributed by atoms with E-state index in [0.717, 1.165) is 38.0 Å². The molecule has 0 spiro atoms. The normalized spacial score (nSPS) is 13.4. The molecule has 7 nitrogen and oxygen atoms in total. The molecule has 1 aliphatic rings. The van der Waals surface area contributed by atoms with Crippen LogP contribution in [0.4, 0.5) is 5.69 Å². The number of ether oxygens (including phenoxy) is 1. The number of amides is 1. The molecular formula is C26H28N4O3. The highest BCUT2D eigenvalue weighted by atomic mass is 16.5. The molecule has 0 unspecified atom stereocenters. The van der Waals surface area contributed by atoms with Gasteiger partial charge in [-0.3, -0.25) is 24.5 Å². The first-order valence-electron chi connectivity index (χ1n) is 11.2. The Balaban J connectivity index is 1.31. The Hall–Kier alpha value is -3.58. The third-order valence-electron chi connectivity index (χ3n) is 5.58. The topological polar surface area (TPSA) is 84.4 Å². The summed E-state index contributed by atoms with van der Waals surface area (Å²) in [6.45, 7) is 3.24. The summed E-state index contributed by atoms with van der Waals surface area (Å²) in [5, 5.41) is 2.78. The number of nitrogens with one attached hydrogen (secondary N) is 1. The molecule has 4 rings (SSSR count). The lowest BCUT2D eigenvalue weighted by molar-refractivity contribution is -0.124. The Morgan fingerprint density at radius 1 is 0.939 bits per heavy atom. The molecule has 0 aliphatic carbocycles. The minimum atomic E-state index is -0.256. The molecule has 1 amide bonds. The summed E-state index contributed by atoms with van der Waals surface area (Å²) >= 11 is 0. The molecule has 1 N–H and O–H groups in total. The zero-order valence-electron chi connectivity index (χ0n) is 18.6. The second-order valence-electron chi connectivity index (χ2n) is 8.20. The number of hydrogen-bond acceptors (Lipinski definition) is 6. The smallest absolute Gasteiger partial charge is 0.231 e. The van der Waals surface area contributed by atoms with Gasteiger partial charge in [0.1, 0.15) is 11.5 Å². The van der Waals surface area contributed by atoms with Gasteiger partial charge in [-0.25, -0.2) is 0 Å². The summed E-state index contributed by atoms with van der Waals surface area (Å²) in [6.07, 6.45) is 9.33. The van der Waals surface area contributed by atoms with Gasteiger partial charge in [0.25, 0.3) is 0 Å². The Morgan fingerprint density at radius 2 is 1.82 bits per heavy atom. The van der Waals surface area contributed by atoms with Crippen LogP contribution in [0.2, 0.25) is 0 Å². The van der Waals surface area contributed by atoms with Crippen LogP contribution in [-0.2, 0) is 29.0 Å². The van der Waals surface area contributed by atoms with Crippen molar-refractivity contribution in [2.75, 3.05) is 25.0 Å². The van der Waals surface area contributed by atoms with Crippen molar-refractivity contribution in [1.82, 2.24) is 14.9 Å². The third-order valence-corrected chi connectivity index (χ3v) is 5.58. The quantitative estimate of drug-likeness (QED) is 0.381. The number of benzene rings is 1. The molecule has 33 heavy (non-hydrogen) atoms. The summed E-state index contributed by atoms with van der Waals surface area (Å²) in [5.41, 5.74) is 3.95. The van der Waals surface area contributed by atoms with Gasteiger partial charge in [-0.1, -0.05) is 6.07 Å². The van der Waals surface area contributed by atoms with Gasteiger partial charge < -0.3 is 10.1 Å². The predicted molar refractivity (Wildman–Crippen MR) is 126 cm³/mol. The molecule has 3 aromatic rings. The first-order chi connectivity index (χ1) is 16.2. The van der Waals surface area contributed by atoms with Crippen LogP contribution in [-0.4, -0.2) is 46.3 Å². The van der Waals surface area contributed by atoms with E-state index in [1.807, 2.05) is 55.0 Å². The molecule has 1 aliphatic heterocycles. The second-order valence-corrected chi connectivity index (χ2v) is 8.20. The van der Waals surface area contributed by atoms with Gasteiger partial charge in [0.05, 0.1) is 13.0 Å². The SMILES string of the molecule is O=C1CC(=O)Nc2ccc(OCCCN(CCc3cccnc3)Cc3ccncc3)cc2C1. The predicted octanol–water partition coefficient (Wildman–Crippen LogP) is 3.44. The van der Waals surface area contributed by atoms with Gasteiger partial charge in [0.2, 0.25) is 5.91 Å². The molecule has 0 bridgehead atoms. The van der Waals surface area contributed by atoms with E-state index >= 15 is 0 Å². The first kappa shape index (κ1) is 22.6. The van der Waals surface area contributed by atoms with Crippen LogP contribution in [0.25, 0.3) is 0 Å². The first-order valence-corrected chi connectivity index (χ1v) is 11.2. The highest BCUT2D eigenvalue weighted by Gasteiger charge is 2.19. The Morgan fingerprint density at radius 3 is 2.64 bits per heavy atom. The maximum atomic E-state index is 11.9. The third kappa shape index (κ3) is 6.95. The van der Waals surface area contributed by atoms with Gasteiger partial charge in [0, 0.05) is 56.5 Å². The molecule has 0 radical (unpaired) electrons. The Kier molecular flexibility index (Phi) is 7.76. The van der Waals surface area contributed by atoms with Crippen molar-refractivity contribution in [3.63, 3.8) is 0 Å². The number of ketones is 1. The molecule has 0 fully saturated rings. The number of Topliss-reactive ketones (excluding diaryl/α,β-unsaturated/α-hetero) is 1. The average Bonchev–Trinajstić information content (AvgIpc) is 2.97. The van der Waals surface area contributed by atoms with Crippen LogP contribution in [0.1, 0.15) is 29.5 Å². The lowest BCUT2D eigenvalue weighted by Crippen LogP contribution is -2.28. The van der Waals surface area contributed by atoms with E-state index in [0.29, 0.717) is 18.0 Å². The van der Waals surface area contributed by atoms with Crippen molar-refractivity contribution in [2.24, 2.45) is 0 Å². The fourth-order valence-corrected chi connectivity index (χ4v) is 3.90. The molecule has 0 saturated carbocycles. The van der Waals surface area contributed by atoms with Crippen LogP contribution in [0, 0.1) is 0 Å². The zero-order chi connectivity index (χ0) is 22.9. The van der Waals surface area contributed by atoms with Crippen molar-refractivity contribution in [3.8, 4) is 5.75 Å². The summed E-state index contributed by atoms with van der Waals surface area (Å²) in [5.74, 6) is 0.380. The molecule has 170 valence electrons. The van der Waals surface area contributed by atoms with Crippen molar-refractivity contribution >= 4 is 17.4 Å². The molecule has 3 heterocycles. The zero-order valence-corrected chi connectivity index (χ0v) is 18.6. The fraction of sp³-hybridized carbons (Fsp3) is 0.308. The number of aromatic nitrogens is 2. The highest BCUT2D eigenvalue weighted by molar-refractivity contribution is 6.07. The Labute approximate surface area is 193 Å². The van der Waals surface area contributed by atoms with Gasteiger partial charge >= 0.3 is 0 Å².